The minimum atomic E-state index is -2.68. The van der Waals surface area contributed by atoms with E-state index in [-0.39, 0.29) is 6.42 Å². The number of allylic oxidation sites excluding steroid dienone is 1. The number of esters is 1. The number of hydrogen-bond donors (Lipinski definition) is 6. The van der Waals surface area contributed by atoms with Crippen molar-refractivity contribution >= 4 is 11.8 Å². The van der Waals surface area contributed by atoms with Gasteiger partial charge in [0.25, 0.3) is 0 Å². The van der Waals surface area contributed by atoms with Gasteiger partial charge in [-0.15, -0.1) is 0 Å². The van der Waals surface area contributed by atoms with Gasteiger partial charge in [-0.1, -0.05) is 12.5 Å². The van der Waals surface area contributed by atoms with Gasteiger partial charge in [0.1, 0.15) is 29.5 Å². The first-order valence-electron chi connectivity index (χ1n) is 10.00. The Morgan fingerprint density at radius 2 is 1.70 bits per heavy atom. The molecule has 0 aromatic carbocycles. The van der Waals surface area contributed by atoms with E-state index in [1.165, 1.54) is 6.08 Å². The van der Waals surface area contributed by atoms with Gasteiger partial charge in [0.15, 0.2) is 17.7 Å². The molecule has 5 aliphatic rings. The molecule has 0 radical (unpaired) electrons. The summed E-state index contributed by atoms with van der Waals surface area (Å²) in [6.45, 7) is 3.77. The van der Waals surface area contributed by atoms with Crippen molar-refractivity contribution in [3.05, 3.63) is 11.6 Å². The summed E-state index contributed by atoms with van der Waals surface area (Å²) in [5.41, 5.74) is -7.92. The lowest BCUT2D eigenvalue weighted by Crippen LogP contribution is -2.89. The molecule has 2 saturated heterocycles. The largest absolute Gasteiger partial charge is 0.460 e. The standard InChI is InChI=1S/C20H26O10/c1-7-4-9(21)11(22)16(2)8(7)5-10-18-6-29-19(27,14(16)18)15(25)17(3,26)20(18,28)12(23)13(24)30-10/h4,8,10-12,14-15,22-23,25-28H,5-6H2,1-3H3/t8-,10+,11+,12-,14+,15+,16+,17+,18+,19-,20+/m0/s1. The molecule has 0 aromatic heterocycles. The maximum atomic E-state index is 12.6. The van der Waals surface area contributed by atoms with Crippen molar-refractivity contribution in [3.63, 3.8) is 0 Å². The Morgan fingerprint density at radius 3 is 2.33 bits per heavy atom. The van der Waals surface area contributed by atoms with Gasteiger partial charge in [0.2, 0.25) is 0 Å². The minimum Gasteiger partial charge on any atom is -0.460 e. The van der Waals surface area contributed by atoms with E-state index in [2.05, 4.69) is 0 Å². The summed E-state index contributed by atoms with van der Waals surface area (Å²) < 4.78 is 11.1. The number of aliphatic hydroxyl groups excluding tert-OH is 3. The van der Waals surface area contributed by atoms with Crippen LogP contribution in [-0.2, 0) is 19.1 Å². The van der Waals surface area contributed by atoms with E-state index < -0.39 is 82.4 Å². The van der Waals surface area contributed by atoms with Crippen molar-refractivity contribution in [1.29, 1.82) is 0 Å². The predicted molar refractivity (Wildman–Crippen MR) is 95.3 cm³/mol. The lowest BCUT2D eigenvalue weighted by Gasteiger charge is -2.71. The van der Waals surface area contributed by atoms with Crippen LogP contribution in [0.4, 0.5) is 0 Å². The van der Waals surface area contributed by atoms with Gasteiger partial charge in [-0.2, -0.15) is 0 Å². The van der Waals surface area contributed by atoms with Crippen LogP contribution in [0.5, 0.6) is 0 Å². The number of fused-ring (bicyclic) bond motifs is 1. The highest BCUT2D eigenvalue weighted by atomic mass is 16.7. The van der Waals surface area contributed by atoms with Crippen LogP contribution < -0.4 is 0 Å². The molecule has 2 saturated carbocycles. The summed E-state index contributed by atoms with van der Waals surface area (Å²) in [5.74, 6) is -6.18. The highest BCUT2D eigenvalue weighted by Gasteiger charge is 2.91. The molecular formula is C20H26O10. The Hall–Kier alpha value is -1.40. The van der Waals surface area contributed by atoms with Crippen LogP contribution >= 0.6 is 0 Å². The van der Waals surface area contributed by atoms with Gasteiger partial charge in [-0.3, -0.25) is 4.79 Å². The molecule has 5 rings (SSSR count). The molecular weight excluding hydrogens is 400 g/mol. The number of ether oxygens (including phenoxy) is 2. The lowest BCUT2D eigenvalue weighted by atomic mass is 9.36. The first-order valence-corrected chi connectivity index (χ1v) is 10.00. The molecule has 0 unspecified atom stereocenters. The van der Waals surface area contributed by atoms with E-state index in [9.17, 15) is 40.2 Å². The molecule has 2 aliphatic heterocycles. The van der Waals surface area contributed by atoms with E-state index >= 15 is 0 Å². The normalized spacial score (nSPS) is 61.7. The Labute approximate surface area is 171 Å². The first-order chi connectivity index (χ1) is 13.7. The van der Waals surface area contributed by atoms with Gasteiger partial charge >= 0.3 is 5.97 Å². The van der Waals surface area contributed by atoms with Crippen LogP contribution in [-0.4, -0.2) is 90.4 Å². The van der Waals surface area contributed by atoms with Gasteiger partial charge in [0, 0.05) is 11.3 Å². The van der Waals surface area contributed by atoms with Gasteiger partial charge < -0.3 is 40.1 Å². The molecule has 2 bridgehead atoms. The SMILES string of the molecule is CC1=CC(=O)[C@@H](O)[C@]2(C)[C@H]3[C@]4(O)OC[C@@]35[C@@H](C[C@@H]12)OC(=O)[C@H](O)[C@@]5(O)[C@](C)(O)[C@H]4O. The van der Waals surface area contributed by atoms with Gasteiger partial charge in [-0.05, 0) is 32.3 Å². The maximum Gasteiger partial charge on any atom is 0.338 e. The van der Waals surface area contributed by atoms with Crippen molar-refractivity contribution in [2.75, 3.05) is 6.61 Å². The first kappa shape index (κ1) is 20.5. The third-order valence-corrected chi connectivity index (χ3v) is 8.93. The number of hydrogen-bond acceptors (Lipinski definition) is 10. The molecule has 30 heavy (non-hydrogen) atoms. The number of aliphatic hydroxyl groups is 6. The molecule has 6 N–H and O–H groups in total. The third kappa shape index (κ3) is 1.69. The van der Waals surface area contributed by atoms with Crippen molar-refractivity contribution < 1.29 is 49.7 Å². The second-order valence-corrected chi connectivity index (χ2v) is 10.0. The summed E-state index contributed by atoms with van der Waals surface area (Å²) in [5, 5.41) is 67.2. The van der Waals surface area contributed by atoms with E-state index in [0.717, 1.165) is 6.92 Å². The fourth-order valence-electron chi connectivity index (χ4n) is 7.62. The second kappa shape index (κ2) is 5.32. The van der Waals surface area contributed by atoms with Crippen LogP contribution in [0.15, 0.2) is 11.6 Å². The average Bonchev–Trinajstić information content (AvgIpc) is 2.99. The van der Waals surface area contributed by atoms with Crippen molar-refractivity contribution in [3.8, 4) is 0 Å². The predicted octanol–water partition coefficient (Wildman–Crippen LogP) is -2.63. The average molecular weight is 426 g/mol. The van der Waals surface area contributed by atoms with Gasteiger partial charge in [0.05, 0.1) is 12.0 Å². The topological polar surface area (TPSA) is 174 Å². The van der Waals surface area contributed by atoms with Crippen molar-refractivity contribution in [2.24, 2.45) is 22.7 Å². The number of carbonyl (C=O) groups excluding carboxylic acids is 2. The summed E-state index contributed by atoms with van der Waals surface area (Å²) in [4.78, 5) is 25.1. The monoisotopic (exact) mass is 426 g/mol. The molecule has 10 heteroatoms. The van der Waals surface area contributed by atoms with E-state index in [1.54, 1.807) is 13.8 Å². The van der Waals surface area contributed by atoms with Crippen molar-refractivity contribution in [2.45, 2.75) is 68.6 Å². The second-order valence-electron chi connectivity index (χ2n) is 10.0. The van der Waals surface area contributed by atoms with Crippen LogP contribution in [0, 0.1) is 22.7 Å². The molecule has 4 fully saturated rings. The molecule has 2 heterocycles. The zero-order valence-electron chi connectivity index (χ0n) is 16.8. The van der Waals surface area contributed by atoms with Crippen LogP contribution in [0.3, 0.4) is 0 Å². The molecule has 3 aliphatic carbocycles. The highest BCUT2D eigenvalue weighted by molar-refractivity contribution is 5.96. The molecule has 11 atom stereocenters. The fraction of sp³-hybridized carbons (Fsp3) is 0.800. The van der Waals surface area contributed by atoms with Crippen LogP contribution in [0.1, 0.15) is 27.2 Å². The number of rotatable bonds is 0. The zero-order chi connectivity index (χ0) is 22.2. The summed E-state index contributed by atoms with van der Waals surface area (Å²) >= 11 is 0. The molecule has 10 nitrogen and oxygen atoms in total. The summed E-state index contributed by atoms with van der Waals surface area (Å²) in [6, 6.07) is 0. The zero-order valence-corrected chi connectivity index (χ0v) is 16.8. The number of carbonyl (C=O) groups is 2. The van der Waals surface area contributed by atoms with E-state index in [0.29, 0.717) is 5.57 Å². The number of ketones is 1. The fourth-order valence-corrected chi connectivity index (χ4v) is 7.62. The van der Waals surface area contributed by atoms with Crippen LogP contribution in [0.2, 0.25) is 0 Å². The highest BCUT2D eigenvalue weighted by Crippen LogP contribution is 2.75. The van der Waals surface area contributed by atoms with Crippen LogP contribution in [0.25, 0.3) is 0 Å². The van der Waals surface area contributed by atoms with Gasteiger partial charge in [-0.25, -0.2) is 4.79 Å². The Bertz CT molecular complexity index is 898. The molecule has 0 amide bonds. The smallest absolute Gasteiger partial charge is 0.338 e. The quantitative estimate of drug-likeness (QED) is 0.225. The molecule has 1 spiro atoms. The Balaban J connectivity index is 1.86. The summed E-state index contributed by atoms with van der Waals surface area (Å²) in [7, 11) is 0. The minimum absolute atomic E-state index is 0.0616. The molecule has 0 aromatic rings. The Kier molecular flexibility index (Phi) is 3.63. The summed E-state index contributed by atoms with van der Waals surface area (Å²) in [6.07, 6.45) is -5.79. The van der Waals surface area contributed by atoms with E-state index in [1.807, 2.05) is 0 Å². The van der Waals surface area contributed by atoms with E-state index in [4.69, 9.17) is 9.47 Å². The molecule has 166 valence electrons. The lowest BCUT2D eigenvalue weighted by molar-refractivity contribution is -0.409. The maximum absolute atomic E-state index is 12.6. The third-order valence-electron chi connectivity index (χ3n) is 8.93. The van der Waals surface area contributed by atoms with Crippen molar-refractivity contribution in [1.82, 2.24) is 0 Å². The Morgan fingerprint density at radius 1 is 1.07 bits per heavy atom.